The van der Waals surface area contributed by atoms with Crippen LogP contribution in [-0.4, -0.2) is 6.54 Å². The summed E-state index contributed by atoms with van der Waals surface area (Å²) >= 11 is 0. The summed E-state index contributed by atoms with van der Waals surface area (Å²) in [6.45, 7) is 3.10. The van der Waals surface area contributed by atoms with Gasteiger partial charge in [0.25, 0.3) is 0 Å². The number of hydrogen-bond acceptors (Lipinski definition) is 2. The molecule has 0 aromatic heterocycles. The van der Waals surface area contributed by atoms with E-state index >= 15 is 0 Å². The van der Waals surface area contributed by atoms with Crippen molar-refractivity contribution in [3.8, 4) is 6.07 Å². The summed E-state index contributed by atoms with van der Waals surface area (Å²) in [6.07, 6.45) is 1.04. The van der Waals surface area contributed by atoms with Crippen LogP contribution in [0.15, 0.2) is 60.7 Å². The van der Waals surface area contributed by atoms with Crippen molar-refractivity contribution >= 4 is 5.69 Å². The predicted molar refractivity (Wildman–Crippen MR) is 81.3 cm³/mol. The summed E-state index contributed by atoms with van der Waals surface area (Å²) in [5.41, 5.74) is 1.67. The molecule has 2 atom stereocenters. The van der Waals surface area contributed by atoms with Crippen LogP contribution in [0.5, 0.6) is 0 Å². The number of rotatable bonds is 2. The Balaban J connectivity index is 2.14. The Kier molecular flexibility index (Phi) is 3.20. The summed E-state index contributed by atoms with van der Waals surface area (Å²) in [4.78, 5) is 2.26. The van der Waals surface area contributed by atoms with Crippen molar-refractivity contribution in [2.45, 2.75) is 18.9 Å². The lowest BCUT2D eigenvalue weighted by Crippen LogP contribution is -2.43. The fraction of sp³-hybridized carbons (Fsp3) is 0.278. The minimum Gasteiger partial charge on any atom is -0.349 e. The monoisotopic (exact) mass is 262 g/mol. The SMILES string of the molecule is C[C@H]1CCN(c2ccccc2)[C@]1(C#N)c1ccccc1. The van der Waals surface area contributed by atoms with Gasteiger partial charge in [-0.3, -0.25) is 0 Å². The van der Waals surface area contributed by atoms with E-state index in [1.807, 2.05) is 36.4 Å². The van der Waals surface area contributed by atoms with E-state index in [2.05, 4.69) is 42.2 Å². The highest BCUT2D eigenvalue weighted by atomic mass is 15.2. The molecule has 1 saturated heterocycles. The van der Waals surface area contributed by atoms with Gasteiger partial charge < -0.3 is 4.90 Å². The van der Waals surface area contributed by atoms with E-state index in [9.17, 15) is 5.26 Å². The van der Waals surface area contributed by atoms with Crippen LogP contribution in [0.25, 0.3) is 0 Å². The number of nitriles is 1. The molecule has 100 valence electrons. The first-order valence-corrected chi connectivity index (χ1v) is 7.08. The highest BCUT2D eigenvalue weighted by Crippen LogP contribution is 2.45. The van der Waals surface area contributed by atoms with Crippen LogP contribution in [-0.2, 0) is 5.54 Å². The second-order valence-corrected chi connectivity index (χ2v) is 5.42. The van der Waals surface area contributed by atoms with Gasteiger partial charge in [-0.1, -0.05) is 55.5 Å². The Morgan fingerprint density at radius 2 is 1.65 bits per heavy atom. The summed E-state index contributed by atoms with van der Waals surface area (Å²) in [7, 11) is 0. The summed E-state index contributed by atoms with van der Waals surface area (Å²) in [5, 5.41) is 9.98. The largest absolute Gasteiger partial charge is 0.349 e. The molecule has 0 N–H and O–H groups in total. The van der Waals surface area contributed by atoms with Crippen molar-refractivity contribution in [2.24, 2.45) is 5.92 Å². The topological polar surface area (TPSA) is 27.0 Å². The lowest BCUT2D eigenvalue weighted by molar-refractivity contribution is 0.431. The van der Waals surface area contributed by atoms with Crippen LogP contribution in [0.2, 0.25) is 0 Å². The van der Waals surface area contributed by atoms with Gasteiger partial charge in [-0.2, -0.15) is 5.26 Å². The summed E-state index contributed by atoms with van der Waals surface area (Å²) in [6, 6.07) is 23.1. The predicted octanol–water partition coefficient (Wildman–Crippen LogP) is 3.95. The van der Waals surface area contributed by atoms with Gasteiger partial charge in [0.05, 0.1) is 6.07 Å². The van der Waals surface area contributed by atoms with E-state index in [1.165, 1.54) is 0 Å². The van der Waals surface area contributed by atoms with E-state index in [1.54, 1.807) is 0 Å². The quantitative estimate of drug-likeness (QED) is 0.819. The van der Waals surface area contributed by atoms with Gasteiger partial charge in [0.2, 0.25) is 0 Å². The molecule has 2 aromatic rings. The van der Waals surface area contributed by atoms with Crippen molar-refractivity contribution in [1.29, 1.82) is 5.26 Å². The summed E-state index contributed by atoms with van der Waals surface area (Å²) < 4.78 is 0. The fourth-order valence-corrected chi connectivity index (χ4v) is 3.28. The van der Waals surface area contributed by atoms with Crippen molar-refractivity contribution < 1.29 is 0 Å². The number of hydrogen-bond donors (Lipinski definition) is 0. The van der Waals surface area contributed by atoms with E-state index in [0.29, 0.717) is 5.92 Å². The molecule has 2 nitrogen and oxygen atoms in total. The van der Waals surface area contributed by atoms with Gasteiger partial charge in [0.15, 0.2) is 5.54 Å². The van der Waals surface area contributed by atoms with Gasteiger partial charge in [0.1, 0.15) is 0 Å². The van der Waals surface area contributed by atoms with Crippen LogP contribution in [0.4, 0.5) is 5.69 Å². The molecule has 1 aliphatic heterocycles. The maximum Gasteiger partial charge on any atom is 0.156 e. The molecule has 0 aliphatic carbocycles. The first-order valence-electron chi connectivity index (χ1n) is 7.08. The maximum atomic E-state index is 9.98. The van der Waals surface area contributed by atoms with Crippen LogP contribution < -0.4 is 4.90 Å². The maximum absolute atomic E-state index is 9.98. The molecule has 1 heterocycles. The Morgan fingerprint density at radius 3 is 2.25 bits per heavy atom. The minimum atomic E-state index is -0.553. The molecule has 20 heavy (non-hydrogen) atoms. The molecule has 0 spiro atoms. The molecular formula is C18H18N2. The third-order valence-electron chi connectivity index (χ3n) is 4.38. The molecule has 0 radical (unpaired) electrons. The van der Waals surface area contributed by atoms with Gasteiger partial charge in [-0.15, -0.1) is 0 Å². The zero-order valence-corrected chi connectivity index (χ0v) is 11.7. The van der Waals surface area contributed by atoms with Crippen LogP contribution in [0.3, 0.4) is 0 Å². The highest BCUT2D eigenvalue weighted by Gasteiger charge is 2.48. The lowest BCUT2D eigenvalue weighted by atomic mass is 9.80. The number of anilines is 1. The molecule has 0 amide bonds. The Bertz CT molecular complexity index is 615. The van der Waals surface area contributed by atoms with E-state index in [-0.39, 0.29) is 0 Å². The molecule has 2 heteroatoms. The molecule has 1 fully saturated rings. The number of nitrogens with zero attached hydrogens (tertiary/aromatic N) is 2. The molecule has 3 rings (SSSR count). The van der Waals surface area contributed by atoms with Gasteiger partial charge >= 0.3 is 0 Å². The number of benzene rings is 2. The van der Waals surface area contributed by atoms with E-state index in [0.717, 1.165) is 24.2 Å². The molecule has 0 bridgehead atoms. The molecule has 0 saturated carbocycles. The fourth-order valence-electron chi connectivity index (χ4n) is 3.28. The Morgan fingerprint density at radius 1 is 1.05 bits per heavy atom. The van der Waals surface area contributed by atoms with E-state index in [4.69, 9.17) is 0 Å². The van der Waals surface area contributed by atoms with Crippen molar-refractivity contribution in [3.05, 3.63) is 66.2 Å². The molecule has 1 aliphatic rings. The third-order valence-corrected chi connectivity index (χ3v) is 4.38. The van der Waals surface area contributed by atoms with Crippen LogP contribution >= 0.6 is 0 Å². The smallest absolute Gasteiger partial charge is 0.156 e. The van der Waals surface area contributed by atoms with Gasteiger partial charge in [-0.25, -0.2) is 0 Å². The first kappa shape index (κ1) is 12.7. The normalized spacial score (nSPS) is 25.4. The Hall–Kier alpha value is -2.27. The second-order valence-electron chi connectivity index (χ2n) is 5.42. The van der Waals surface area contributed by atoms with E-state index < -0.39 is 5.54 Å². The zero-order chi connectivity index (χ0) is 14.0. The standard InChI is InChI=1S/C18H18N2/c1-15-12-13-20(17-10-6-3-7-11-17)18(15,14-19)16-8-4-2-5-9-16/h2-11,15H,12-13H2,1H3/t15-,18-/m0/s1. The average Bonchev–Trinajstić information content (AvgIpc) is 2.86. The molecule has 2 aromatic carbocycles. The highest BCUT2D eigenvalue weighted by molar-refractivity contribution is 5.56. The third kappa shape index (κ3) is 1.78. The van der Waals surface area contributed by atoms with Crippen molar-refractivity contribution in [1.82, 2.24) is 0 Å². The van der Waals surface area contributed by atoms with Crippen molar-refractivity contribution in [3.63, 3.8) is 0 Å². The van der Waals surface area contributed by atoms with Crippen LogP contribution in [0.1, 0.15) is 18.9 Å². The van der Waals surface area contributed by atoms with Crippen molar-refractivity contribution in [2.75, 3.05) is 11.4 Å². The average molecular weight is 262 g/mol. The second kappa shape index (κ2) is 5.02. The molecular weight excluding hydrogens is 244 g/mol. The first-order chi connectivity index (χ1) is 9.79. The Labute approximate surface area is 120 Å². The number of para-hydroxylation sites is 1. The van der Waals surface area contributed by atoms with Gasteiger partial charge in [-0.05, 0) is 30.0 Å². The zero-order valence-electron chi connectivity index (χ0n) is 11.7. The lowest BCUT2D eigenvalue weighted by Gasteiger charge is -2.37. The minimum absolute atomic E-state index is 0.315. The summed E-state index contributed by atoms with van der Waals surface area (Å²) in [5.74, 6) is 0.315. The van der Waals surface area contributed by atoms with Gasteiger partial charge in [0, 0.05) is 12.2 Å². The molecule has 0 unspecified atom stereocenters. The van der Waals surface area contributed by atoms with Crippen LogP contribution in [0, 0.1) is 17.2 Å².